The highest BCUT2D eigenvalue weighted by atomic mass is 35.5. The van der Waals surface area contributed by atoms with Crippen molar-refractivity contribution in [3.05, 3.63) is 64.2 Å². The van der Waals surface area contributed by atoms with Gasteiger partial charge in [-0.05, 0) is 56.0 Å². The molecule has 0 saturated carbocycles. The molecule has 1 amide bonds. The molecule has 1 N–H and O–H groups in total. The first kappa shape index (κ1) is 23.7. The lowest BCUT2D eigenvalue weighted by molar-refractivity contribution is 0.0657. The van der Waals surface area contributed by atoms with Crippen LogP contribution in [0, 0.1) is 0 Å². The Hall–Kier alpha value is -1.93. The Kier molecular flexibility index (Phi) is 8.11. The first-order valence-electron chi connectivity index (χ1n) is 10.5. The van der Waals surface area contributed by atoms with E-state index in [2.05, 4.69) is 5.32 Å². The summed E-state index contributed by atoms with van der Waals surface area (Å²) >= 11 is 6.20. The van der Waals surface area contributed by atoms with Gasteiger partial charge in [-0.3, -0.25) is 4.79 Å². The minimum Gasteiger partial charge on any atom is -0.374 e. The zero-order valence-electron chi connectivity index (χ0n) is 17.9. The highest BCUT2D eigenvalue weighted by Gasteiger charge is 2.28. The van der Waals surface area contributed by atoms with Gasteiger partial charge < -0.3 is 10.1 Å². The second-order valence-corrected chi connectivity index (χ2v) is 10.3. The molecule has 3 rings (SSSR count). The van der Waals surface area contributed by atoms with E-state index in [1.165, 1.54) is 16.4 Å². The summed E-state index contributed by atoms with van der Waals surface area (Å²) in [6.07, 6.45) is 2.83. The maximum atomic E-state index is 13.0. The highest BCUT2D eigenvalue weighted by Crippen LogP contribution is 2.28. The van der Waals surface area contributed by atoms with Crippen molar-refractivity contribution in [2.75, 3.05) is 13.1 Å². The van der Waals surface area contributed by atoms with E-state index < -0.39 is 10.0 Å². The van der Waals surface area contributed by atoms with Crippen LogP contribution in [-0.2, 0) is 27.9 Å². The summed E-state index contributed by atoms with van der Waals surface area (Å²) in [7, 11) is -3.73. The Morgan fingerprint density at radius 2 is 1.81 bits per heavy atom. The number of benzene rings is 2. The lowest BCUT2D eigenvalue weighted by Crippen LogP contribution is -2.36. The maximum Gasteiger partial charge on any atom is 0.251 e. The molecule has 2 aromatic rings. The predicted octanol–water partition coefficient (Wildman–Crippen LogP) is 4.37. The molecule has 0 bridgehead atoms. The summed E-state index contributed by atoms with van der Waals surface area (Å²) < 4.78 is 33.1. The first-order valence-corrected chi connectivity index (χ1v) is 12.4. The topological polar surface area (TPSA) is 75.7 Å². The average molecular weight is 465 g/mol. The van der Waals surface area contributed by atoms with Crippen molar-refractivity contribution in [3.8, 4) is 0 Å². The van der Waals surface area contributed by atoms with Crippen molar-refractivity contribution in [2.24, 2.45) is 0 Å². The number of amides is 1. The van der Waals surface area contributed by atoms with Crippen LogP contribution in [0.5, 0.6) is 0 Å². The second-order valence-electron chi connectivity index (χ2n) is 7.97. The molecule has 2 aromatic carbocycles. The van der Waals surface area contributed by atoms with Gasteiger partial charge in [-0.2, -0.15) is 4.31 Å². The minimum atomic E-state index is -3.73. The first-order chi connectivity index (χ1) is 14.8. The number of piperidine rings is 1. The van der Waals surface area contributed by atoms with Gasteiger partial charge in [0.25, 0.3) is 5.91 Å². The van der Waals surface area contributed by atoms with E-state index in [1.54, 1.807) is 6.07 Å². The fourth-order valence-corrected chi connectivity index (χ4v) is 5.48. The maximum absolute atomic E-state index is 13.0. The van der Waals surface area contributed by atoms with Gasteiger partial charge in [0.1, 0.15) is 4.90 Å². The zero-order chi connectivity index (χ0) is 22.4. The standard InChI is InChI=1S/C23H29ClN2O4S/c1-17(2)30-16-19-8-6-7-18(13-19)15-25-23(27)20-9-10-21(24)22(14-20)31(28,29)26-11-4-3-5-12-26/h6-10,13-14,17H,3-5,11-12,15-16H2,1-2H3,(H,25,27). The molecule has 0 aliphatic carbocycles. The molecule has 0 radical (unpaired) electrons. The van der Waals surface area contributed by atoms with Crippen LogP contribution in [0.15, 0.2) is 47.4 Å². The molecule has 1 aliphatic rings. The molecule has 6 nitrogen and oxygen atoms in total. The van der Waals surface area contributed by atoms with E-state index in [4.69, 9.17) is 16.3 Å². The lowest BCUT2D eigenvalue weighted by Gasteiger charge is -2.26. The van der Waals surface area contributed by atoms with Crippen LogP contribution in [0.1, 0.15) is 54.6 Å². The van der Waals surface area contributed by atoms with Crippen molar-refractivity contribution in [1.82, 2.24) is 9.62 Å². The Balaban J connectivity index is 1.70. The molecule has 31 heavy (non-hydrogen) atoms. The van der Waals surface area contributed by atoms with E-state index in [1.807, 2.05) is 38.1 Å². The number of halogens is 1. The second kappa shape index (κ2) is 10.6. The lowest BCUT2D eigenvalue weighted by atomic mass is 10.1. The molecule has 0 aromatic heterocycles. The fourth-order valence-electron chi connectivity index (χ4n) is 3.46. The Morgan fingerprint density at radius 1 is 1.10 bits per heavy atom. The molecule has 1 saturated heterocycles. The third-order valence-electron chi connectivity index (χ3n) is 5.15. The molecular formula is C23H29ClN2O4S. The molecular weight excluding hydrogens is 436 g/mol. The van der Waals surface area contributed by atoms with Gasteiger partial charge in [0.2, 0.25) is 10.0 Å². The fraction of sp³-hybridized carbons (Fsp3) is 0.435. The van der Waals surface area contributed by atoms with E-state index in [0.29, 0.717) is 26.2 Å². The number of hydrogen-bond donors (Lipinski definition) is 1. The van der Waals surface area contributed by atoms with Crippen molar-refractivity contribution < 1.29 is 17.9 Å². The Bertz CT molecular complexity index is 1020. The van der Waals surface area contributed by atoms with E-state index >= 15 is 0 Å². The SMILES string of the molecule is CC(C)OCc1cccc(CNC(=O)c2ccc(Cl)c(S(=O)(=O)N3CCCCC3)c2)c1. The van der Waals surface area contributed by atoms with Gasteiger partial charge in [-0.15, -0.1) is 0 Å². The number of nitrogens with zero attached hydrogens (tertiary/aromatic N) is 1. The summed E-state index contributed by atoms with van der Waals surface area (Å²) in [5, 5.41) is 2.98. The summed E-state index contributed by atoms with van der Waals surface area (Å²) in [5.41, 5.74) is 2.23. The number of ether oxygens (including phenoxy) is 1. The molecule has 0 unspecified atom stereocenters. The normalized spacial score (nSPS) is 15.2. The van der Waals surface area contributed by atoms with Crippen molar-refractivity contribution in [1.29, 1.82) is 0 Å². The van der Waals surface area contributed by atoms with Crippen LogP contribution in [0.2, 0.25) is 5.02 Å². The molecule has 1 fully saturated rings. The van der Waals surface area contributed by atoms with Crippen molar-refractivity contribution >= 4 is 27.5 Å². The van der Waals surface area contributed by atoms with Crippen LogP contribution in [0.3, 0.4) is 0 Å². The minimum absolute atomic E-state index is 0.0171. The summed E-state index contributed by atoms with van der Waals surface area (Å²) in [6, 6.07) is 12.2. The molecule has 1 heterocycles. The van der Waals surface area contributed by atoms with Gasteiger partial charge in [0, 0.05) is 25.2 Å². The Labute approximate surface area is 189 Å². The van der Waals surface area contributed by atoms with Crippen LogP contribution < -0.4 is 5.32 Å². The molecule has 168 valence electrons. The molecule has 1 aliphatic heterocycles. The van der Waals surface area contributed by atoms with Crippen LogP contribution in [-0.4, -0.2) is 37.8 Å². The largest absolute Gasteiger partial charge is 0.374 e. The summed E-state index contributed by atoms with van der Waals surface area (Å²) in [6.45, 7) is 5.75. The number of sulfonamides is 1. The summed E-state index contributed by atoms with van der Waals surface area (Å²) in [4.78, 5) is 12.7. The Morgan fingerprint density at radius 3 is 2.52 bits per heavy atom. The van der Waals surface area contributed by atoms with Gasteiger partial charge >= 0.3 is 0 Å². The third kappa shape index (κ3) is 6.29. The zero-order valence-corrected chi connectivity index (χ0v) is 19.5. The molecule has 0 spiro atoms. The molecule has 8 heteroatoms. The quantitative estimate of drug-likeness (QED) is 0.629. The number of rotatable bonds is 8. The number of carbonyl (C=O) groups excluding carboxylic acids is 1. The predicted molar refractivity (Wildman–Crippen MR) is 122 cm³/mol. The van der Waals surface area contributed by atoms with Gasteiger partial charge in [0.15, 0.2) is 0 Å². The highest BCUT2D eigenvalue weighted by molar-refractivity contribution is 7.89. The molecule has 0 atom stereocenters. The van der Waals surface area contributed by atoms with Gasteiger partial charge in [-0.25, -0.2) is 8.42 Å². The smallest absolute Gasteiger partial charge is 0.251 e. The van der Waals surface area contributed by atoms with Crippen LogP contribution in [0.25, 0.3) is 0 Å². The van der Waals surface area contributed by atoms with Crippen molar-refractivity contribution in [2.45, 2.75) is 57.3 Å². The number of hydrogen-bond acceptors (Lipinski definition) is 4. The van der Waals surface area contributed by atoms with Gasteiger partial charge in [-0.1, -0.05) is 42.3 Å². The van der Waals surface area contributed by atoms with E-state index in [-0.39, 0.29) is 27.5 Å². The number of nitrogens with one attached hydrogen (secondary N) is 1. The number of carbonyl (C=O) groups is 1. The van der Waals surface area contributed by atoms with E-state index in [9.17, 15) is 13.2 Å². The van der Waals surface area contributed by atoms with Crippen molar-refractivity contribution in [3.63, 3.8) is 0 Å². The van der Waals surface area contributed by atoms with E-state index in [0.717, 1.165) is 30.4 Å². The van der Waals surface area contributed by atoms with Crippen LogP contribution >= 0.6 is 11.6 Å². The van der Waals surface area contributed by atoms with Crippen LogP contribution in [0.4, 0.5) is 0 Å². The monoisotopic (exact) mass is 464 g/mol. The third-order valence-corrected chi connectivity index (χ3v) is 7.53. The average Bonchev–Trinajstić information content (AvgIpc) is 2.77. The van der Waals surface area contributed by atoms with Gasteiger partial charge in [0.05, 0.1) is 17.7 Å². The summed E-state index contributed by atoms with van der Waals surface area (Å²) in [5.74, 6) is -0.351.